The van der Waals surface area contributed by atoms with Gasteiger partial charge in [0.15, 0.2) is 17.5 Å². The number of carboxylic acid groups (broad SMARTS) is 1. The maximum atomic E-state index is 13.1. The molecule has 1 saturated heterocycles. The zero-order valence-electron chi connectivity index (χ0n) is 10.4. The second-order valence-corrected chi connectivity index (χ2v) is 4.89. The predicted octanol–water partition coefficient (Wildman–Crippen LogP) is 2.40. The van der Waals surface area contributed by atoms with Crippen LogP contribution < -0.4 is 0 Å². The number of hydrogen-bond acceptors (Lipinski definition) is 2. The van der Waals surface area contributed by atoms with Gasteiger partial charge in [-0.15, -0.1) is 0 Å². The normalized spacial score (nSPS) is 23.8. The van der Waals surface area contributed by atoms with Crippen molar-refractivity contribution < 1.29 is 23.1 Å². The second kappa shape index (κ2) is 5.21. The Morgan fingerprint density at radius 3 is 2.47 bits per heavy atom. The van der Waals surface area contributed by atoms with Crippen LogP contribution in [0.1, 0.15) is 18.9 Å². The first kappa shape index (κ1) is 13.9. The third kappa shape index (κ3) is 2.73. The Hall–Kier alpha value is -1.56. The topological polar surface area (TPSA) is 40.5 Å². The molecule has 2 rings (SSSR count). The number of aliphatic carboxylic acids is 1. The molecule has 0 radical (unpaired) electrons. The summed E-state index contributed by atoms with van der Waals surface area (Å²) in [5.41, 5.74) is 0.233. The summed E-state index contributed by atoms with van der Waals surface area (Å²) in [6.45, 7) is 2.46. The third-order valence-corrected chi connectivity index (χ3v) is 3.49. The maximum Gasteiger partial charge on any atom is 0.321 e. The van der Waals surface area contributed by atoms with Crippen LogP contribution in [-0.4, -0.2) is 28.6 Å². The summed E-state index contributed by atoms with van der Waals surface area (Å²) in [4.78, 5) is 12.8. The molecule has 0 saturated carbocycles. The van der Waals surface area contributed by atoms with Crippen LogP contribution in [0, 0.1) is 23.4 Å². The van der Waals surface area contributed by atoms with Gasteiger partial charge in [-0.25, -0.2) is 13.2 Å². The molecular formula is C13H14F3NO2. The molecule has 104 valence electrons. The van der Waals surface area contributed by atoms with Gasteiger partial charge in [-0.05, 0) is 36.6 Å². The van der Waals surface area contributed by atoms with Crippen LogP contribution in [0.2, 0.25) is 0 Å². The van der Waals surface area contributed by atoms with E-state index in [1.54, 1.807) is 4.90 Å². The van der Waals surface area contributed by atoms with Crippen molar-refractivity contribution >= 4 is 5.97 Å². The van der Waals surface area contributed by atoms with Gasteiger partial charge in [0.05, 0.1) is 0 Å². The molecule has 0 amide bonds. The fraction of sp³-hybridized carbons (Fsp3) is 0.462. The molecule has 1 aliphatic rings. The van der Waals surface area contributed by atoms with E-state index in [1.807, 2.05) is 6.92 Å². The lowest BCUT2D eigenvalue weighted by atomic mass is 10.0. The summed E-state index contributed by atoms with van der Waals surface area (Å²) < 4.78 is 39.0. The maximum absolute atomic E-state index is 13.1. The molecule has 19 heavy (non-hydrogen) atoms. The van der Waals surface area contributed by atoms with Gasteiger partial charge in [0.2, 0.25) is 0 Å². The van der Waals surface area contributed by atoms with Gasteiger partial charge in [0.1, 0.15) is 6.04 Å². The van der Waals surface area contributed by atoms with Crippen LogP contribution in [0.25, 0.3) is 0 Å². The van der Waals surface area contributed by atoms with Crippen LogP contribution in [0.15, 0.2) is 12.1 Å². The zero-order valence-corrected chi connectivity index (χ0v) is 10.4. The average Bonchev–Trinajstić information content (AvgIpc) is 2.67. The van der Waals surface area contributed by atoms with Gasteiger partial charge in [0, 0.05) is 6.54 Å². The van der Waals surface area contributed by atoms with Gasteiger partial charge in [-0.2, -0.15) is 0 Å². The molecule has 0 bridgehead atoms. The third-order valence-electron chi connectivity index (χ3n) is 3.49. The van der Waals surface area contributed by atoms with E-state index in [1.165, 1.54) is 0 Å². The lowest BCUT2D eigenvalue weighted by Crippen LogP contribution is -2.38. The highest BCUT2D eigenvalue weighted by Gasteiger charge is 2.36. The average molecular weight is 273 g/mol. The van der Waals surface area contributed by atoms with Crippen molar-refractivity contribution in [2.45, 2.75) is 25.9 Å². The number of hydrogen-bond donors (Lipinski definition) is 1. The summed E-state index contributed by atoms with van der Waals surface area (Å²) >= 11 is 0. The lowest BCUT2D eigenvalue weighted by molar-refractivity contribution is -0.143. The van der Waals surface area contributed by atoms with Gasteiger partial charge >= 0.3 is 5.97 Å². The fourth-order valence-electron chi connectivity index (χ4n) is 2.54. The Bertz CT molecular complexity index is 484. The van der Waals surface area contributed by atoms with Crippen molar-refractivity contribution in [1.29, 1.82) is 0 Å². The van der Waals surface area contributed by atoms with Crippen molar-refractivity contribution in [3.63, 3.8) is 0 Å². The van der Waals surface area contributed by atoms with E-state index in [-0.39, 0.29) is 18.0 Å². The van der Waals surface area contributed by atoms with Crippen molar-refractivity contribution in [3.05, 3.63) is 35.1 Å². The number of rotatable bonds is 3. The smallest absolute Gasteiger partial charge is 0.321 e. The summed E-state index contributed by atoms with van der Waals surface area (Å²) in [5, 5.41) is 9.14. The van der Waals surface area contributed by atoms with Crippen molar-refractivity contribution in [2.24, 2.45) is 5.92 Å². The first-order valence-corrected chi connectivity index (χ1v) is 6.00. The van der Waals surface area contributed by atoms with Crippen LogP contribution >= 0.6 is 0 Å². The van der Waals surface area contributed by atoms with Gasteiger partial charge in [-0.1, -0.05) is 6.92 Å². The van der Waals surface area contributed by atoms with Gasteiger partial charge in [-0.3, -0.25) is 9.69 Å². The lowest BCUT2D eigenvalue weighted by Gasteiger charge is -2.23. The standard InChI is InChI=1S/C13H14F3NO2/c1-7-2-3-17(12(7)13(18)19)6-8-4-9(14)11(16)10(15)5-8/h4-5,7,12H,2-3,6H2,1H3,(H,18,19). The monoisotopic (exact) mass is 273 g/mol. The van der Waals surface area contributed by atoms with Crippen LogP contribution in [0.4, 0.5) is 13.2 Å². The number of halogens is 3. The molecule has 2 unspecified atom stereocenters. The Morgan fingerprint density at radius 2 is 1.95 bits per heavy atom. The van der Waals surface area contributed by atoms with E-state index in [4.69, 9.17) is 5.11 Å². The number of nitrogens with zero attached hydrogens (tertiary/aromatic N) is 1. The minimum atomic E-state index is -1.51. The summed E-state index contributed by atoms with van der Waals surface area (Å²) in [6, 6.07) is 1.14. The number of benzene rings is 1. The molecule has 0 aliphatic carbocycles. The van der Waals surface area contributed by atoms with Crippen molar-refractivity contribution in [1.82, 2.24) is 4.90 Å². The molecule has 1 aromatic rings. The van der Waals surface area contributed by atoms with E-state index in [0.29, 0.717) is 13.0 Å². The van der Waals surface area contributed by atoms with Crippen molar-refractivity contribution in [2.75, 3.05) is 6.54 Å². The first-order chi connectivity index (χ1) is 8.90. The highest BCUT2D eigenvalue weighted by Crippen LogP contribution is 2.26. The molecule has 1 heterocycles. The molecule has 1 fully saturated rings. The van der Waals surface area contributed by atoms with Crippen molar-refractivity contribution in [3.8, 4) is 0 Å². The Balaban J connectivity index is 2.19. The highest BCUT2D eigenvalue weighted by molar-refractivity contribution is 5.74. The molecule has 3 nitrogen and oxygen atoms in total. The molecular weight excluding hydrogens is 259 g/mol. The first-order valence-electron chi connectivity index (χ1n) is 6.00. The molecule has 0 spiro atoms. The van der Waals surface area contributed by atoms with E-state index >= 15 is 0 Å². The van der Waals surface area contributed by atoms with Gasteiger partial charge in [0.25, 0.3) is 0 Å². The Kier molecular flexibility index (Phi) is 3.80. The molecule has 1 aliphatic heterocycles. The molecule has 1 N–H and O–H groups in total. The van der Waals surface area contributed by atoms with E-state index in [2.05, 4.69) is 0 Å². The zero-order chi connectivity index (χ0) is 14.2. The largest absolute Gasteiger partial charge is 0.480 e. The Morgan fingerprint density at radius 1 is 1.37 bits per heavy atom. The highest BCUT2D eigenvalue weighted by atomic mass is 19.2. The summed E-state index contributed by atoms with van der Waals surface area (Å²) in [7, 11) is 0. The predicted molar refractivity (Wildman–Crippen MR) is 61.9 cm³/mol. The second-order valence-electron chi connectivity index (χ2n) is 4.89. The SMILES string of the molecule is CC1CCN(Cc2cc(F)c(F)c(F)c2)C1C(=O)O. The van der Waals surface area contributed by atoms with Crippen LogP contribution in [0.3, 0.4) is 0 Å². The molecule has 0 aromatic heterocycles. The quantitative estimate of drug-likeness (QED) is 0.860. The molecule has 1 aromatic carbocycles. The number of carboxylic acids is 1. The molecule has 2 atom stereocenters. The number of carbonyl (C=O) groups is 1. The van der Waals surface area contributed by atoms with Crippen LogP contribution in [-0.2, 0) is 11.3 Å². The summed E-state index contributed by atoms with van der Waals surface area (Å²) in [5.74, 6) is -4.99. The Labute approximate surface area is 108 Å². The van der Waals surface area contributed by atoms with E-state index < -0.39 is 29.5 Å². The minimum absolute atomic E-state index is 0.0207. The van der Waals surface area contributed by atoms with E-state index in [0.717, 1.165) is 12.1 Å². The number of likely N-dealkylation sites (tertiary alicyclic amines) is 1. The van der Waals surface area contributed by atoms with Crippen LogP contribution in [0.5, 0.6) is 0 Å². The van der Waals surface area contributed by atoms with E-state index in [9.17, 15) is 18.0 Å². The minimum Gasteiger partial charge on any atom is -0.480 e. The molecule has 6 heteroatoms. The van der Waals surface area contributed by atoms with Gasteiger partial charge < -0.3 is 5.11 Å². The summed E-state index contributed by atoms with van der Waals surface area (Å²) in [6.07, 6.45) is 0.711. The fourth-order valence-corrected chi connectivity index (χ4v) is 2.54.